The van der Waals surface area contributed by atoms with Crippen LogP contribution in [0.4, 0.5) is 0 Å². The molecule has 516 valence electrons. The van der Waals surface area contributed by atoms with Crippen LogP contribution in [0.15, 0.2) is 0 Å². The average molecular weight is 1280 g/mol. The van der Waals surface area contributed by atoms with Crippen LogP contribution in [0.25, 0.3) is 0 Å². The van der Waals surface area contributed by atoms with Crippen molar-refractivity contribution in [1.29, 1.82) is 0 Å². The standard InChI is InChI=1S/C68H132O17P2/c1-9-61(8)47-39-31-26-27-33-41-49-66(71)79-55-64(85-68(73)51-43-35-25-19-17-22-30-38-46-60(6)7)57-83-87(76,77)81-53-62(69)52-80-86(74,75)82-56-63(84-67(72)50-42-34-24-18-16-21-29-37-45-59(4)5)54-78-65(70)48-40-32-23-15-13-11-10-12-14-20-28-36-44-58(2)3/h58-64,69H,9-57H2,1-8H3,(H,74,75)(H,76,77)/t61?,62-,63-,64-/m1/s1. The Hall–Kier alpha value is -1.94. The zero-order chi connectivity index (χ0) is 64.7. The summed E-state index contributed by atoms with van der Waals surface area (Å²) < 4.78 is 68.2. The number of rotatable bonds is 65. The molecule has 0 fully saturated rings. The van der Waals surface area contributed by atoms with E-state index in [1.807, 2.05) is 0 Å². The summed E-state index contributed by atoms with van der Waals surface area (Å²) in [7, 11) is -9.90. The number of carbonyl (C=O) groups excluding carboxylic acids is 4. The highest BCUT2D eigenvalue weighted by molar-refractivity contribution is 7.47. The van der Waals surface area contributed by atoms with Gasteiger partial charge in [0.25, 0.3) is 0 Å². The summed E-state index contributed by atoms with van der Waals surface area (Å²) in [6.45, 7) is 14.0. The predicted octanol–water partition coefficient (Wildman–Crippen LogP) is 18.9. The van der Waals surface area contributed by atoms with Crippen LogP contribution in [0, 0.1) is 23.7 Å². The van der Waals surface area contributed by atoms with Crippen molar-refractivity contribution in [2.45, 2.75) is 350 Å². The fraction of sp³-hybridized carbons (Fsp3) is 0.941. The third kappa shape index (κ3) is 61.3. The average Bonchev–Trinajstić information content (AvgIpc) is 3.52. The summed E-state index contributed by atoms with van der Waals surface area (Å²) in [5, 5.41) is 10.6. The predicted molar refractivity (Wildman–Crippen MR) is 349 cm³/mol. The summed E-state index contributed by atoms with van der Waals surface area (Å²) in [6, 6.07) is 0. The molecular formula is C68H132O17P2. The zero-order valence-electron chi connectivity index (χ0n) is 56.6. The van der Waals surface area contributed by atoms with Crippen molar-refractivity contribution in [2.24, 2.45) is 23.7 Å². The second-order valence-corrected chi connectivity index (χ2v) is 29.1. The lowest BCUT2D eigenvalue weighted by Gasteiger charge is -2.21. The molecule has 0 saturated heterocycles. The summed E-state index contributed by atoms with van der Waals surface area (Å²) in [4.78, 5) is 72.4. The SMILES string of the molecule is CCC(C)CCCCCCCCC(=O)OC[C@H](COP(=O)(O)OC[C@H](O)COP(=O)(O)OC[C@@H](COC(=O)CCCCCCCCCCCCCCC(C)C)OC(=O)CCCCCCCCCCC(C)C)OC(=O)CCCCCCCCCCC(C)C. The second kappa shape index (κ2) is 57.9. The molecule has 0 aromatic carbocycles. The lowest BCUT2D eigenvalue weighted by atomic mass is 10.00. The Labute approximate surface area is 530 Å². The normalized spacial score (nSPS) is 14.6. The van der Waals surface area contributed by atoms with Crippen molar-refractivity contribution >= 4 is 39.5 Å². The van der Waals surface area contributed by atoms with E-state index in [0.29, 0.717) is 25.7 Å². The van der Waals surface area contributed by atoms with Gasteiger partial charge in [0.15, 0.2) is 12.2 Å². The summed E-state index contributed by atoms with van der Waals surface area (Å²) >= 11 is 0. The molecule has 19 heteroatoms. The number of aliphatic hydroxyl groups is 1. The molecule has 0 amide bonds. The number of unbranched alkanes of at least 4 members (excludes halogenated alkanes) is 30. The molecule has 0 saturated carbocycles. The number of carbonyl (C=O) groups is 4. The molecule has 0 aromatic heterocycles. The van der Waals surface area contributed by atoms with Crippen molar-refractivity contribution in [3.8, 4) is 0 Å². The highest BCUT2D eigenvalue weighted by Gasteiger charge is 2.30. The second-order valence-electron chi connectivity index (χ2n) is 26.2. The van der Waals surface area contributed by atoms with E-state index in [1.165, 1.54) is 128 Å². The smallest absolute Gasteiger partial charge is 0.462 e. The summed E-state index contributed by atoms with van der Waals surface area (Å²) in [5.74, 6) is 0.814. The van der Waals surface area contributed by atoms with Gasteiger partial charge in [-0.2, -0.15) is 0 Å². The van der Waals surface area contributed by atoms with E-state index in [0.717, 1.165) is 120 Å². The van der Waals surface area contributed by atoms with E-state index in [-0.39, 0.29) is 25.7 Å². The Kier molecular flexibility index (Phi) is 56.6. The lowest BCUT2D eigenvalue weighted by molar-refractivity contribution is -0.161. The van der Waals surface area contributed by atoms with Crippen LogP contribution < -0.4 is 0 Å². The molecular weight excluding hydrogens is 1150 g/mol. The number of ether oxygens (including phenoxy) is 4. The van der Waals surface area contributed by atoms with Crippen LogP contribution in [-0.2, 0) is 65.4 Å². The molecule has 0 aliphatic carbocycles. The third-order valence-electron chi connectivity index (χ3n) is 15.9. The van der Waals surface area contributed by atoms with Crippen LogP contribution in [-0.4, -0.2) is 96.7 Å². The summed E-state index contributed by atoms with van der Waals surface area (Å²) in [5.41, 5.74) is 0. The van der Waals surface area contributed by atoms with Gasteiger partial charge in [0.2, 0.25) is 0 Å². The van der Waals surface area contributed by atoms with E-state index in [9.17, 15) is 43.2 Å². The first kappa shape index (κ1) is 85.1. The maximum absolute atomic E-state index is 13.0. The summed E-state index contributed by atoms with van der Waals surface area (Å²) in [6.07, 6.45) is 39.0. The first-order chi connectivity index (χ1) is 41.6. The van der Waals surface area contributed by atoms with E-state index in [1.54, 1.807) is 0 Å². The van der Waals surface area contributed by atoms with E-state index in [2.05, 4.69) is 55.4 Å². The van der Waals surface area contributed by atoms with Crippen LogP contribution >= 0.6 is 15.6 Å². The highest BCUT2D eigenvalue weighted by Crippen LogP contribution is 2.45. The molecule has 0 aliphatic rings. The van der Waals surface area contributed by atoms with Gasteiger partial charge in [-0.05, 0) is 49.4 Å². The van der Waals surface area contributed by atoms with Crippen molar-refractivity contribution < 1.29 is 80.2 Å². The first-order valence-electron chi connectivity index (χ1n) is 35.2. The van der Waals surface area contributed by atoms with Crippen molar-refractivity contribution in [2.75, 3.05) is 39.6 Å². The number of phosphoric acid groups is 2. The molecule has 0 aromatic rings. The monoisotopic (exact) mass is 1280 g/mol. The number of phosphoric ester groups is 2. The first-order valence-corrected chi connectivity index (χ1v) is 38.2. The quantitative estimate of drug-likeness (QED) is 0.0222. The fourth-order valence-electron chi connectivity index (χ4n) is 10.1. The Morgan fingerprint density at radius 2 is 0.552 bits per heavy atom. The van der Waals surface area contributed by atoms with Crippen molar-refractivity contribution in [3.05, 3.63) is 0 Å². The Morgan fingerprint density at radius 3 is 0.816 bits per heavy atom. The molecule has 0 heterocycles. The Bertz CT molecular complexity index is 1730. The van der Waals surface area contributed by atoms with Gasteiger partial charge in [0, 0.05) is 25.7 Å². The molecule has 0 rings (SSSR count). The van der Waals surface area contributed by atoms with E-state index in [4.69, 9.17) is 37.0 Å². The molecule has 0 aliphatic heterocycles. The van der Waals surface area contributed by atoms with Crippen LogP contribution in [0.2, 0.25) is 0 Å². The maximum Gasteiger partial charge on any atom is 0.472 e. The van der Waals surface area contributed by atoms with Crippen molar-refractivity contribution in [3.63, 3.8) is 0 Å². The van der Waals surface area contributed by atoms with Crippen molar-refractivity contribution in [1.82, 2.24) is 0 Å². The van der Waals surface area contributed by atoms with Gasteiger partial charge in [-0.15, -0.1) is 0 Å². The molecule has 0 spiro atoms. The highest BCUT2D eigenvalue weighted by atomic mass is 31.2. The minimum atomic E-state index is -4.95. The van der Waals surface area contributed by atoms with Gasteiger partial charge in [-0.1, -0.05) is 280 Å². The van der Waals surface area contributed by atoms with Gasteiger partial charge in [0.1, 0.15) is 19.3 Å². The maximum atomic E-state index is 13.0. The minimum absolute atomic E-state index is 0.103. The molecule has 6 atom stereocenters. The van der Waals surface area contributed by atoms with Gasteiger partial charge in [-0.25, -0.2) is 9.13 Å². The molecule has 3 N–H and O–H groups in total. The number of aliphatic hydroxyl groups excluding tert-OH is 1. The van der Waals surface area contributed by atoms with Gasteiger partial charge >= 0.3 is 39.5 Å². The van der Waals surface area contributed by atoms with Crippen LogP contribution in [0.5, 0.6) is 0 Å². The van der Waals surface area contributed by atoms with Gasteiger partial charge < -0.3 is 33.8 Å². The third-order valence-corrected chi connectivity index (χ3v) is 17.8. The van der Waals surface area contributed by atoms with E-state index >= 15 is 0 Å². The molecule has 3 unspecified atom stereocenters. The van der Waals surface area contributed by atoms with E-state index < -0.39 is 97.5 Å². The number of hydrogen-bond donors (Lipinski definition) is 3. The van der Waals surface area contributed by atoms with Crippen LogP contribution in [0.1, 0.15) is 331 Å². The molecule has 87 heavy (non-hydrogen) atoms. The fourth-order valence-corrected chi connectivity index (χ4v) is 11.7. The van der Waals surface area contributed by atoms with Gasteiger partial charge in [0.05, 0.1) is 26.4 Å². The Balaban J connectivity index is 5.24. The largest absolute Gasteiger partial charge is 0.472 e. The lowest BCUT2D eigenvalue weighted by Crippen LogP contribution is -2.30. The topological polar surface area (TPSA) is 237 Å². The molecule has 0 radical (unpaired) electrons. The number of esters is 4. The van der Waals surface area contributed by atoms with Crippen LogP contribution in [0.3, 0.4) is 0 Å². The minimum Gasteiger partial charge on any atom is -0.462 e. The number of hydrogen-bond acceptors (Lipinski definition) is 15. The Morgan fingerprint density at radius 1 is 0.322 bits per heavy atom. The van der Waals surface area contributed by atoms with Gasteiger partial charge in [-0.3, -0.25) is 37.3 Å². The molecule has 17 nitrogen and oxygen atoms in total. The molecule has 0 bridgehead atoms. The zero-order valence-corrected chi connectivity index (χ0v) is 58.4.